The van der Waals surface area contributed by atoms with E-state index in [0.29, 0.717) is 37.2 Å². The third-order valence-electron chi connectivity index (χ3n) is 5.63. The Kier molecular flexibility index (Phi) is 6.46. The number of anilines is 1. The van der Waals surface area contributed by atoms with Gasteiger partial charge in [0.25, 0.3) is 0 Å². The Bertz CT molecular complexity index is 1110. The third kappa shape index (κ3) is 4.78. The number of ether oxygens (including phenoxy) is 2. The number of hydrogen-bond acceptors (Lipinski definition) is 3. The first-order valence-corrected chi connectivity index (χ1v) is 10.3. The molecule has 32 heavy (non-hydrogen) atoms. The second-order valence-electron chi connectivity index (χ2n) is 7.72. The van der Waals surface area contributed by atoms with Crippen LogP contribution in [0.1, 0.15) is 24.0 Å². The van der Waals surface area contributed by atoms with Gasteiger partial charge in [-0.1, -0.05) is 24.3 Å². The highest BCUT2D eigenvalue weighted by molar-refractivity contribution is 5.99. The highest BCUT2D eigenvalue weighted by Gasteiger charge is 2.42. The van der Waals surface area contributed by atoms with Crippen LogP contribution >= 0.6 is 0 Å². The smallest absolute Gasteiger partial charge is 0.235 e. The summed E-state index contributed by atoms with van der Waals surface area (Å²) in [5, 5.41) is 2.76. The molecule has 3 aromatic rings. The summed E-state index contributed by atoms with van der Waals surface area (Å²) in [6, 6.07) is 15.9. The van der Waals surface area contributed by atoms with E-state index in [0.717, 1.165) is 6.07 Å². The molecule has 0 radical (unpaired) electrons. The first-order valence-electron chi connectivity index (χ1n) is 10.3. The molecular weight excluding hydrogens is 419 g/mol. The van der Waals surface area contributed by atoms with Gasteiger partial charge in [-0.3, -0.25) is 4.79 Å². The Hall–Kier alpha value is -3.32. The molecule has 0 bridgehead atoms. The molecular formula is C25H22F3NO3. The van der Waals surface area contributed by atoms with E-state index in [2.05, 4.69) is 5.32 Å². The van der Waals surface area contributed by atoms with E-state index in [4.69, 9.17) is 9.47 Å². The summed E-state index contributed by atoms with van der Waals surface area (Å²) in [5.41, 5.74) is 0.420. The summed E-state index contributed by atoms with van der Waals surface area (Å²) in [7, 11) is 0. The van der Waals surface area contributed by atoms with Crippen molar-refractivity contribution < 1.29 is 27.4 Å². The van der Waals surface area contributed by atoms with Crippen molar-refractivity contribution in [1.29, 1.82) is 0 Å². The number of nitrogens with one attached hydrogen (secondary N) is 1. The second-order valence-corrected chi connectivity index (χ2v) is 7.72. The average Bonchev–Trinajstić information content (AvgIpc) is 2.79. The van der Waals surface area contributed by atoms with Crippen LogP contribution in [0.3, 0.4) is 0 Å². The van der Waals surface area contributed by atoms with Crippen LogP contribution in [0.15, 0.2) is 66.7 Å². The van der Waals surface area contributed by atoms with Crippen molar-refractivity contribution in [1.82, 2.24) is 0 Å². The fourth-order valence-corrected chi connectivity index (χ4v) is 3.89. The highest BCUT2D eigenvalue weighted by Crippen LogP contribution is 2.37. The van der Waals surface area contributed by atoms with Crippen LogP contribution < -0.4 is 10.1 Å². The summed E-state index contributed by atoms with van der Waals surface area (Å²) >= 11 is 0. The summed E-state index contributed by atoms with van der Waals surface area (Å²) in [5.74, 6) is -1.85. The average molecular weight is 441 g/mol. The Morgan fingerprint density at radius 3 is 2.34 bits per heavy atom. The summed E-state index contributed by atoms with van der Waals surface area (Å²) in [6.07, 6.45) is 0.777. The number of amides is 1. The van der Waals surface area contributed by atoms with Gasteiger partial charge in [0.2, 0.25) is 5.91 Å². The molecule has 0 atom stereocenters. The summed E-state index contributed by atoms with van der Waals surface area (Å²) < 4.78 is 52.6. The van der Waals surface area contributed by atoms with E-state index in [1.807, 2.05) is 0 Å². The zero-order valence-corrected chi connectivity index (χ0v) is 17.2. The van der Waals surface area contributed by atoms with Gasteiger partial charge in [0.05, 0.1) is 5.41 Å². The van der Waals surface area contributed by atoms with Gasteiger partial charge in [0.15, 0.2) is 11.6 Å². The van der Waals surface area contributed by atoms with Crippen molar-refractivity contribution in [3.8, 4) is 5.75 Å². The Morgan fingerprint density at radius 2 is 1.66 bits per heavy atom. The van der Waals surface area contributed by atoms with Gasteiger partial charge < -0.3 is 14.8 Å². The zero-order valence-electron chi connectivity index (χ0n) is 17.2. The molecule has 4 nitrogen and oxygen atoms in total. The van der Waals surface area contributed by atoms with Crippen LogP contribution in [0, 0.1) is 17.5 Å². The predicted molar refractivity (Wildman–Crippen MR) is 114 cm³/mol. The lowest BCUT2D eigenvalue weighted by Crippen LogP contribution is -2.44. The van der Waals surface area contributed by atoms with E-state index in [-0.39, 0.29) is 24.0 Å². The van der Waals surface area contributed by atoms with Crippen LogP contribution in [-0.2, 0) is 21.6 Å². The lowest BCUT2D eigenvalue weighted by molar-refractivity contribution is -0.125. The summed E-state index contributed by atoms with van der Waals surface area (Å²) in [6.45, 7) is 0.735. The van der Waals surface area contributed by atoms with E-state index < -0.39 is 22.9 Å². The van der Waals surface area contributed by atoms with E-state index in [9.17, 15) is 18.0 Å². The maximum atomic E-state index is 14.6. The maximum absolute atomic E-state index is 14.6. The van der Waals surface area contributed by atoms with Crippen molar-refractivity contribution in [2.45, 2.75) is 24.9 Å². The van der Waals surface area contributed by atoms with Gasteiger partial charge in [-0.05, 0) is 60.4 Å². The molecule has 1 heterocycles. The van der Waals surface area contributed by atoms with Crippen LogP contribution in [0.5, 0.6) is 5.75 Å². The Labute approximate surface area is 184 Å². The molecule has 166 valence electrons. The van der Waals surface area contributed by atoms with Crippen LogP contribution in [0.25, 0.3) is 0 Å². The minimum atomic E-state index is -0.969. The fraction of sp³-hybridized carbons (Fsp3) is 0.240. The number of carbonyl (C=O) groups is 1. The molecule has 1 saturated heterocycles. The maximum Gasteiger partial charge on any atom is 0.235 e. The molecule has 0 unspecified atom stereocenters. The quantitative estimate of drug-likeness (QED) is 0.560. The largest absolute Gasteiger partial charge is 0.486 e. The van der Waals surface area contributed by atoms with Gasteiger partial charge in [-0.25, -0.2) is 13.2 Å². The molecule has 3 aromatic carbocycles. The topological polar surface area (TPSA) is 47.6 Å². The van der Waals surface area contributed by atoms with E-state index in [1.165, 1.54) is 36.4 Å². The van der Waals surface area contributed by atoms with Gasteiger partial charge in [0, 0.05) is 25.0 Å². The number of rotatable bonds is 6. The van der Waals surface area contributed by atoms with Crippen molar-refractivity contribution in [2.75, 3.05) is 18.5 Å². The van der Waals surface area contributed by atoms with Crippen molar-refractivity contribution in [3.05, 3.63) is 95.3 Å². The molecule has 1 fully saturated rings. The van der Waals surface area contributed by atoms with Crippen molar-refractivity contribution in [2.24, 2.45) is 0 Å². The van der Waals surface area contributed by atoms with Gasteiger partial charge in [-0.2, -0.15) is 0 Å². The predicted octanol–water partition coefficient (Wildman–Crippen LogP) is 5.37. The van der Waals surface area contributed by atoms with Crippen LogP contribution in [0.2, 0.25) is 0 Å². The number of carbonyl (C=O) groups excluding carboxylic acids is 1. The van der Waals surface area contributed by atoms with Gasteiger partial charge >= 0.3 is 0 Å². The van der Waals surface area contributed by atoms with Crippen molar-refractivity contribution >= 4 is 11.6 Å². The molecule has 4 rings (SSSR count). The lowest BCUT2D eigenvalue weighted by atomic mass is 9.73. The fourth-order valence-electron chi connectivity index (χ4n) is 3.89. The molecule has 0 spiro atoms. The molecule has 1 amide bonds. The standard InChI is InChI=1S/C25H22F3NO3/c26-19-5-1-3-17(13-19)16-32-23-8-7-21(15-22(23)28)29-24(30)25(9-11-31-12-10-25)18-4-2-6-20(27)14-18/h1-8,13-15H,9-12,16H2,(H,29,30). The molecule has 1 aliphatic rings. The second kappa shape index (κ2) is 9.44. The van der Waals surface area contributed by atoms with E-state index in [1.54, 1.807) is 24.3 Å². The zero-order chi connectivity index (χ0) is 22.6. The Morgan fingerprint density at radius 1 is 0.938 bits per heavy atom. The van der Waals surface area contributed by atoms with Crippen molar-refractivity contribution in [3.63, 3.8) is 0 Å². The molecule has 0 aromatic heterocycles. The monoisotopic (exact) mass is 441 g/mol. The minimum Gasteiger partial charge on any atom is -0.486 e. The molecule has 1 N–H and O–H groups in total. The number of benzene rings is 3. The Balaban J connectivity index is 1.50. The van der Waals surface area contributed by atoms with E-state index >= 15 is 0 Å². The molecule has 0 aliphatic carbocycles. The third-order valence-corrected chi connectivity index (χ3v) is 5.63. The normalized spacial score (nSPS) is 15.2. The first-order chi connectivity index (χ1) is 15.5. The summed E-state index contributed by atoms with van der Waals surface area (Å²) in [4.78, 5) is 13.3. The molecule has 7 heteroatoms. The molecule has 1 aliphatic heterocycles. The van der Waals surface area contributed by atoms with Gasteiger partial charge in [-0.15, -0.1) is 0 Å². The minimum absolute atomic E-state index is 0.00304. The first kappa shape index (κ1) is 21.9. The van der Waals surface area contributed by atoms with Crippen LogP contribution in [0.4, 0.5) is 18.9 Å². The number of hydrogen-bond donors (Lipinski definition) is 1. The highest BCUT2D eigenvalue weighted by atomic mass is 19.1. The number of halogens is 3. The van der Waals surface area contributed by atoms with Crippen LogP contribution in [-0.4, -0.2) is 19.1 Å². The molecule has 0 saturated carbocycles. The SMILES string of the molecule is O=C(Nc1ccc(OCc2cccc(F)c2)c(F)c1)C1(c2cccc(F)c2)CCOCC1. The lowest BCUT2D eigenvalue weighted by Gasteiger charge is -2.36. The van der Waals surface area contributed by atoms with Gasteiger partial charge in [0.1, 0.15) is 18.2 Å².